The monoisotopic (exact) mass is 320 g/mol. The highest BCUT2D eigenvalue weighted by Gasteiger charge is 2.13. The molecule has 22 heavy (non-hydrogen) atoms. The van der Waals surface area contributed by atoms with E-state index in [0.29, 0.717) is 5.02 Å². The lowest BCUT2D eigenvalue weighted by Gasteiger charge is -2.08. The second-order valence-electron chi connectivity index (χ2n) is 4.13. The third-order valence-electron chi connectivity index (χ3n) is 2.57. The lowest BCUT2D eigenvalue weighted by atomic mass is 10.2. The lowest BCUT2D eigenvalue weighted by molar-refractivity contribution is 0.0735. The van der Waals surface area contributed by atoms with Crippen LogP contribution in [0.5, 0.6) is 11.5 Å². The number of hydrogen-bond donors (Lipinski definition) is 0. The van der Waals surface area contributed by atoms with Gasteiger partial charge in [0.25, 0.3) is 0 Å². The van der Waals surface area contributed by atoms with E-state index in [1.807, 2.05) is 0 Å². The van der Waals surface area contributed by atoms with Crippen LogP contribution in [0.2, 0.25) is 5.02 Å². The van der Waals surface area contributed by atoms with E-state index in [9.17, 15) is 9.59 Å². The zero-order valence-corrected chi connectivity index (χ0v) is 12.5. The number of halogens is 1. The van der Waals surface area contributed by atoms with Gasteiger partial charge in [-0.2, -0.15) is 0 Å². The minimum absolute atomic E-state index is 0.208. The van der Waals surface area contributed by atoms with Gasteiger partial charge in [0.2, 0.25) is 0 Å². The Morgan fingerprint density at radius 3 is 2.36 bits per heavy atom. The third kappa shape index (κ3) is 4.23. The predicted molar refractivity (Wildman–Crippen MR) is 80.5 cm³/mol. The number of ether oxygens (including phenoxy) is 3. The average Bonchev–Trinajstić information content (AvgIpc) is 2.48. The lowest BCUT2D eigenvalue weighted by Crippen LogP contribution is -2.11. The maximum absolute atomic E-state index is 12.0. The Labute approximate surface area is 132 Å². The molecule has 2 aromatic carbocycles. The molecular formula is C16H13ClO5. The molecule has 5 nitrogen and oxygen atoms in total. The fourth-order valence-electron chi connectivity index (χ4n) is 1.63. The Balaban J connectivity index is 2.09. The Hall–Kier alpha value is -2.53. The van der Waals surface area contributed by atoms with Gasteiger partial charge in [0.1, 0.15) is 11.5 Å². The number of hydrogen-bond acceptors (Lipinski definition) is 5. The van der Waals surface area contributed by atoms with Crippen molar-refractivity contribution in [1.82, 2.24) is 0 Å². The summed E-state index contributed by atoms with van der Waals surface area (Å²) in [5, 5.41) is 0.298. The molecule has 0 amide bonds. The molecule has 0 atom stereocenters. The predicted octanol–water partition coefficient (Wildman–Crippen LogP) is 4.09. The van der Waals surface area contributed by atoms with Crippen molar-refractivity contribution in [3.8, 4) is 11.5 Å². The molecule has 0 radical (unpaired) electrons. The first-order valence-electron chi connectivity index (χ1n) is 6.51. The summed E-state index contributed by atoms with van der Waals surface area (Å²) in [6.07, 6.45) is -0.822. The number of rotatable bonds is 4. The average molecular weight is 321 g/mol. The summed E-state index contributed by atoms with van der Waals surface area (Å²) >= 11 is 5.93. The largest absolute Gasteiger partial charge is 0.513 e. The van der Waals surface area contributed by atoms with Gasteiger partial charge in [-0.25, -0.2) is 9.59 Å². The van der Waals surface area contributed by atoms with Gasteiger partial charge >= 0.3 is 12.1 Å². The van der Waals surface area contributed by atoms with Gasteiger partial charge in [-0.05, 0) is 31.2 Å². The van der Waals surface area contributed by atoms with Crippen LogP contribution >= 0.6 is 11.6 Å². The minimum Gasteiger partial charge on any atom is -0.434 e. The molecule has 6 heteroatoms. The van der Waals surface area contributed by atoms with Crippen LogP contribution < -0.4 is 9.47 Å². The van der Waals surface area contributed by atoms with Crippen molar-refractivity contribution in [2.24, 2.45) is 0 Å². The molecule has 0 saturated carbocycles. The number of benzene rings is 2. The fourth-order valence-corrected chi connectivity index (χ4v) is 1.85. The van der Waals surface area contributed by atoms with E-state index in [0.717, 1.165) is 0 Å². The van der Waals surface area contributed by atoms with Crippen LogP contribution in [0.1, 0.15) is 17.3 Å². The topological polar surface area (TPSA) is 61.8 Å². The molecule has 0 aliphatic heterocycles. The van der Waals surface area contributed by atoms with Crippen LogP contribution in [0.15, 0.2) is 48.5 Å². The SMILES string of the molecule is CCOC(=O)Oc1cccc(OC(=O)c2ccccc2Cl)c1. The van der Waals surface area contributed by atoms with Crippen LogP contribution in [-0.4, -0.2) is 18.7 Å². The molecule has 0 aliphatic rings. The van der Waals surface area contributed by atoms with Crippen LogP contribution in [0, 0.1) is 0 Å². The molecule has 0 aliphatic carbocycles. The van der Waals surface area contributed by atoms with Crippen molar-refractivity contribution in [3.05, 3.63) is 59.1 Å². The summed E-state index contributed by atoms with van der Waals surface area (Å²) in [4.78, 5) is 23.3. The Bertz CT molecular complexity index is 684. The van der Waals surface area contributed by atoms with Crippen molar-refractivity contribution >= 4 is 23.7 Å². The van der Waals surface area contributed by atoms with Gasteiger partial charge < -0.3 is 14.2 Å². The first kappa shape index (κ1) is 15.9. The zero-order chi connectivity index (χ0) is 15.9. The van der Waals surface area contributed by atoms with Crippen LogP contribution in [0.25, 0.3) is 0 Å². The van der Waals surface area contributed by atoms with Gasteiger partial charge in [0, 0.05) is 6.07 Å². The summed E-state index contributed by atoms with van der Waals surface area (Å²) in [7, 11) is 0. The van der Waals surface area contributed by atoms with Crippen LogP contribution in [0.4, 0.5) is 4.79 Å². The number of carbonyl (C=O) groups is 2. The fraction of sp³-hybridized carbons (Fsp3) is 0.125. The summed E-state index contributed by atoms with van der Waals surface area (Å²) in [5.74, 6) is -0.159. The zero-order valence-electron chi connectivity index (χ0n) is 11.7. The van der Waals surface area contributed by atoms with E-state index in [-0.39, 0.29) is 23.7 Å². The summed E-state index contributed by atoms with van der Waals surface area (Å²) in [6.45, 7) is 1.88. The quantitative estimate of drug-likeness (QED) is 0.482. The number of carbonyl (C=O) groups excluding carboxylic acids is 2. The smallest absolute Gasteiger partial charge is 0.434 e. The van der Waals surface area contributed by atoms with Crippen molar-refractivity contribution in [2.75, 3.05) is 6.61 Å². The van der Waals surface area contributed by atoms with Gasteiger partial charge in [-0.3, -0.25) is 0 Å². The first-order chi connectivity index (χ1) is 10.6. The second-order valence-corrected chi connectivity index (χ2v) is 4.54. The molecule has 0 aromatic heterocycles. The van der Waals surface area contributed by atoms with E-state index in [1.54, 1.807) is 49.4 Å². The molecule has 0 spiro atoms. The summed E-state index contributed by atoms with van der Waals surface area (Å²) < 4.78 is 14.8. The van der Waals surface area contributed by atoms with E-state index in [1.165, 1.54) is 6.07 Å². The molecule has 0 fully saturated rings. The Kier molecular flexibility index (Phi) is 5.38. The van der Waals surface area contributed by atoms with Crippen molar-refractivity contribution in [3.63, 3.8) is 0 Å². The summed E-state index contributed by atoms with van der Waals surface area (Å²) in [5.41, 5.74) is 0.251. The standard InChI is InChI=1S/C16H13ClO5/c1-2-20-16(19)22-12-7-5-6-11(10-12)21-15(18)13-8-3-4-9-14(13)17/h3-10H,2H2,1H3. The van der Waals surface area contributed by atoms with Crippen LogP contribution in [0.3, 0.4) is 0 Å². The number of esters is 1. The molecule has 0 saturated heterocycles. The van der Waals surface area contributed by atoms with Gasteiger partial charge in [-0.15, -0.1) is 0 Å². The van der Waals surface area contributed by atoms with Gasteiger partial charge in [0.15, 0.2) is 0 Å². The molecule has 0 N–H and O–H groups in total. The first-order valence-corrected chi connectivity index (χ1v) is 6.89. The highest BCUT2D eigenvalue weighted by atomic mass is 35.5. The molecule has 2 aromatic rings. The molecular weight excluding hydrogens is 308 g/mol. The minimum atomic E-state index is -0.822. The third-order valence-corrected chi connectivity index (χ3v) is 2.90. The molecule has 0 heterocycles. The Morgan fingerprint density at radius 1 is 1.00 bits per heavy atom. The van der Waals surface area contributed by atoms with Crippen molar-refractivity contribution in [2.45, 2.75) is 6.92 Å². The van der Waals surface area contributed by atoms with E-state index in [4.69, 9.17) is 21.1 Å². The highest BCUT2D eigenvalue weighted by Crippen LogP contribution is 2.22. The highest BCUT2D eigenvalue weighted by molar-refractivity contribution is 6.33. The molecule has 0 bridgehead atoms. The molecule has 0 unspecified atom stereocenters. The molecule has 114 valence electrons. The van der Waals surface area contributed by atoms with E-state index >= 15 is 0 Å². The maximum atomic E-state index is 12.0. The summed E-state index contributed by atoms with van der Waals surface area (Å²) in [6, 6.07) is 12.7. The van der Waals surface area contributed by atoms with E-state index < -0.39 is 12.1 Å². The molecule has 2 rings (SSSR count). The normalized spacial score (nSPS) is 9.91. The Morgan fingerprint density at radius 2 is 1.68 bits per heavy atom. The van der Waals surface area contributed by atoms with E-state index in [2.05, 4.69) is 4.74 Å². The van der Waals surface area contributed by atoms with Crippen molar-refractivity contribution in [1.29, 1.82) is 0 Å². The van der Waals surface area contributed by atoms with Gasteiger partial charge in [0.05, 0.1) is 17.2 Å². The maximum Gasteiger partial charge on any atom is 0.513 e. The second kappa shape index (κ2) is 7.47. The van der Waals surface area contributed by atoms with Crippen LogP contribution in [-0.2, 0) is 4.74 Å². The van der Waals surface area contributed by atoms with Gasteiger partial charge in [-0.1, -0.05) is 29.8 Å². The van der Waals surface area contributed by atoms with Crippen molar-refractivity contribution < 1.29 is 23.8 Å².